The number of fused-ring (bicyclic) bond motifs is 7. The molecule has 0 spiro atoms. The van der Waals surface area contributed by atoms with Gasteiger partial charge in [0.1, 0.15) is 11.6 Å². The molecule has 7 heteroatoms. The van der Waals surface area contributed by atoms with Crippen molar-refractivity contribution in [1.82, 2.24) is 28.2 Å². The number of hydrogen-bond acceptors (Lipinski definition) is 3. The van der Waals surface area contributed by atoms with Gasteiger partial charge >= 0.3 is 5.69 Å². The number of pyridine rings is 2. The number of nitrogens with zero attached hydrogens (tertiary/aromatic N) is 6. The van der Waals surface area contributed by atoms with E-state index < -0.39 is 0 Å². The van der Waals surface area contributed by atoms with Crippen molar-refractivity contribution in [1.29, 1.82) is 0 Å². The summed E-state index contributed by atoms with van der Waals surface area (Å²) in [4.78, 5) is 25.0. The van der Waals surface area contributed by atoms with Crippen molar-refractivity contribution < 1.29 is 0 Å². The predicted octanol–water partition coefficient (Wildman–Crippen LogP) is 12.1. The summed E-state index contributed by atoms with van der Waals surface area (Å²) >= 11 is 0. The van der Waals surface area contributed by atoms with Gasteiger partial charge in [0.15, 0.2) is 0 Å². The van der Waals surface area contributed by atoms with Crippen LogP contribution in [0.25, 0.3) is 100 Å². The Bertz CT molecular complexity index is 3370. The summed E-state index contributed by atoms with van der Waals surface area (Å²) < 4.78 is 7.98. The second-order valence-electron chi connectivity index (χ2n) is 15.0. The van der Waals surface area contributed by atoms with Crippen LogP contribution >= 0.6 is 0 Å². The number of aromatic nitrogens is 6. The Morgan fingerprint density at radius 3 is 1.02 bits per heavy atom. The number of imidazole rings is 1. The second-order valence-corrected chi connectivity index (χ2v) is 15.0. The fraction of sp³-hybridized carbons (Fsp3) is 0. The van der Waals surface area contributed by atoms with E-state index in [0.29, 0.717) is 11.6 Å². The highest BCUT2D eigenvalue weighted by Crippen LogP contribution is 2.35. The van der Waals surface area contributed by atoms with Gasteiger partial charge in [0.2, 0.25) is 0 Å². The number of benzene rings is 7. The van der Waals surface area contributed by atoms with Crippen LogP contribution in [0.3, 0.4) is 0 Å². The highest BCUT2D eigenvalue weighted by molar-refractivity contribution is 6.10. The maximum Gasteiger partial charge on any atom is 0.340 e. The van der Waals surface area contributed by atoms with Gasteiger partial charge in [0.05, 0.1) is 44.5 Å². The standard InChI is InChI=1S/C53H34N6O/c60-53-58(51-31-13-23-43(54-51)35-15-11-17-37(33-35)56-45-25-5-1-19-39(45)40-20-2-6-26-46(40)56)49-29-9-10-30-50(49)59(53)52-32-14-24-44(55-52)36-16-12-18-38(34-36)57-47-27-7-3-21-41(47)42-22-4-8-28-48(42)57/h1-34H. The Morgan fingerprint density at radius 1 is 0.300 bits per heavy atom. The van der Waals surface area contributed by atoms with E-state index in [2.05, 4.69) is 155 Å². The number of para-hydroxylation sites is 6. The Hall–Kier alpha value is -8.29. The molecule has 5 aromatic heterocycles. The van der Waals surface area contributed by atoms with Crippen LogP contribution in [0.4, 0.5) is 0 Å². The average Bonchev–Trinajstić information content (AvgIpc) is 3.94. The van der Waals surface area contributed by atoms with E-state index in [4.69, 9.17) is 9.97 Å². The lowest BCUT2D eigenvalue weighted by Crippen LogP contribution is -2.23. The Kier molecular flexibility index (Phi) is 7.55. The quantitative estimate of drug-likeness (QED) is 0.169. The van der Waals surface area contributed by atoms with Crippen molar-refractivity contribution in [2.45, 2.75) is 0 Å². The topological polar surface area (TPSA) is 62.6 Å². The molecule has 7 aromatic carbocycles. The summed E-state index contributed by atoms with van der Waals surface area (Å²) in [7, 11) is 0. The van der Waals surface area contributed by atoms with E-state index in [9.17, 15) is 4.79 Å². The molecule has 0 aliphatic heterocycles. The summed E-state index contributed by atoms with van der Waals surface area (Å²) in [6.45, 7) is 0. The highest BCUT2D eigenvalue weighted by atomic mass is 16.1. The second kappa shape index (κ2) is 13.4. The van der Waals surface area contributed by atoms with Crippen molar-refractivity contribution in [2.24, 2.45) is 0 Å². The molecule has 5 heterocycles. The van der Waals surface area contributed by atoms with Crippen LogP contribution in [0, 0.1) is 0 Å². The van der Waals surface area contributed by atoms with Crippen molar-refractivity contribution in [2.75, 3.05) is 0 Å². The Balaban J connectivity index is 0.949. The summed E-state index contributed by atoms with van der Waals surface area (Å²) in [5, 5.41) is 4.84. The molecule has 0 aliphatic rings. The average molecular weight is 771 g/mol. The summed E-state index contributed by atoms with van der Waals surface area (Å²) in [5.41, 5.74) is 11.3. The van der Waals surface area contributed by atoms with Crippen molar-refractivity contribution in [3.8, 4) is 45.5 Å². The lowest BCUT2D eigenvalue weighted by molar-refractivity contribution is 0.887. The zero-order valence-electron chi connectivity index (χ0n) is 32.2. The van der Waals surface area contributed by atoms with Gasteiger partial charge < -0.3 is 9.13 Å². The summed E-state index contributed by atoms with van der Waals surface area (Å²) in [6, 6.07) is 70.4. The minimum absolute atomic E-state index is 0.247. The minimum Gasteiger partial charge on any atom is -0.309 e. The fourth-order valence-corrected chi connectivity index (χ4v) is 9.02. The third-order valence-corrected chi connectivity index (χ3v) is 11.6. The largest absolute Gasteiger partial charge is 0.340 e. The van der Waals surface area contributed by atoms with E-state index in [1.165, 1.54) is 21.5 Å². The molecule has 7 nitrogen and oxygen atoms in total. The van der Waals surface area contributed by atoms with Crippen LogP contribution in [0.15, 0.2) is 211 Å². The first-order chi connectivity index (χ1) is 29.7. The van der Waals surface area contributed by atoms with Crippen molar-refractivity contribution in [3.05, 3.63) is 217 Å². The molecular weight excluding hydrogens is 737 g/mol. The molecule has 0 fully saturated rings. The maximum absolute atomic E-state index is 14.7. The smallest absolute Gasteiger partial charge is 0.309 e. The summed E-state index contributed by atoms with van der Waals surface area (Å²) in [6.07, 6.45) is 0. The van der Waals surface area contributed by atoms with E-state index in [-0.39, 0.29) is 5.69 Å². The molecule has 282 valence electrons. The van der Waals surface area contributed by atoms with Gasteiger partial charge in [-0.15, -0.1) is 0 Å². The molecule has 0 unspecified atom stereocenters. The Labute approximate surface area is 343 Å². The molecule has 0 aliphatic carbocycles. The monoisotopic (exact) mass is 770 g/mol. The third-order valence-electron chi connectivity index (χ3n) is 11.6. The van der Waals surface area contributed by atoms with E-state index in [1.54, 1.807) is 9.13 Å². The van der Waals surface area contributed by atoms with Gasteiger partial charge in [0.25, 0.3) is 0 Å². The van der Waals surface area contributed by atoms with Crippen molar-refractivity contribution >= 4 is 54.6 Å². The lowest BCUT2D eigenvalue weighted by Gasteiger charge is -2.11. The van der Waals surface area contributed by atoms with Crippen LogP contribution in [-0.4, -0.2) is 28.2 Å². The third kappa shape index (κ3) is 5.19. The molecule has 0 amide bonds. The van der Waals surface area contributed by atoms with Crippen LogP contribution in [0.1, 0.15) is 0 Å². The molecule has 0 radical (unpaired) electrons. The first-order valence-corrected chi connectivity index (χ1v) is 20.0. The van der Waals surface area contributed by atoms with Crippen LogP contribution in [-0.2, 0) is 0 Å². The normalized spacial score (nSPS) is 11.7. The number of rotatable bonds is 6. The molecule has 0 saturated carbocycles. The van der Waals surface area contributed by atoms with Gasteiger partial charge in [-0.05, 0) is 84.9 Å². The lowest BCUT2D eigenvalue weighted by atomic mass is 10.1. The highest BCUT2D eigenvalue weighted by Gasteiger charge is 2.20. The number of hydrogen-bond donors (Lipinski definition) is 0. The molecule has 0 bridgehead atoms. The molecule has 0 N–H and O–H groups in total. The van der Waals surface area contributed by atoms with E-state index in [1.807, 2.05) is 60.7 Å². The minimum atomic E-state index is -0.247. The van der Waals surface area contributed by atoms with Crippen LogP contribution in [0.5, 0.6) is 0 Å². The van der Waals surface area contributed by atoms with E-state index in [0.717, 1.165) is 67.0 Å². The van der Waals surface area contributed by atoms with Crippen molar-refractivity contribution in [3.63, 3.8) is 0 Å². The van der Waals surface area contributed by atoms with Gasteiger partial charge in [-0.2, -0.15) is 0 Å². The van der Waals surface area contributed by atoms with Crippen LogP contribution < -0.4 is 5.69 Å². The zero-order chi connectivity index (χ0) is 39.7. The Morgan fingerprint density at radius 2 is 0.633 bits per heavy atom. The van der Waals surface area contributed by atoms with Gasteiger partial charge in [-0.25, -0.2) is 23.9 Å². The first kappa shape index (κ1) is 33.8. The van der Waals surface area contributed by atoms with Gasteiger partial charge in [-0.1, -0.05) is 121 Å². The van der Waals surface area contributed by atoms with Crippen LogP contribution in [0.2, 0.25) is 0 Å². The molecule has 0 atom stereocenters. The molecule has 0 saturated heterocycles. The van der Waals surface area contributed by atoms with Gasteiger partial charge in [0, 0.05) is 44.0 Å². The molecule has 12 aromatic rings. The first-order valence-electron chi connectivity index (χ1n) is 20.0. The fourth-order valence-electron chi connectivity index (χ4n) is 9.02. The van der Waals surface area contributed by atoms with E-state index >= 15 is 0 Å². The molecule has 12 rings (SSSR count). The summed E-state index contributed by atoms with van der Waals surface area (Å²) in [5.74, 6) is 1.06. The predicted molar refractivity (Wildman–Crippen MR) is 244 cm³/mol. The van der Waals surface area contributed by atoms with Gasteiger partial charge in [-0.3, -0.25) is 0 Å². The zero-order valence-corrected chi connectivity index (χ0v) is 32.2. The SMILES string of the molecule is O=c1n(-c2cccc(-c3cccc(-n4c5ccccc5c5ccccc54)c3)n2)c2ccccc2n1-c1cccc(-c2cccc(-n3c4ccccc4c4ccccc43)c2)n1. The molecular formula is C53H34N6O. The maximum atomic E-state index is 14.7. The molecule has 60 heavy (non-hydrogen) atoms.